The monoisotopic (exact) mass is 529 g/mol. The van der Waals surface area contributed by atoms with E-state index >= 15 is 0 Å². The summed E-state index contributed by atoms with van der Waals surface area (Å²) in [6, 6.07) is 7.99. The minimum absolute atomic E-state index is 0.264. The number of Topliss-reactive ketones (excluding diaryl/α,β-unsaturated/α-hetero) is 1. The second-order valence-corrected chi connectivity index (χ2v) is 14.5. The lowest BCUT2D eigenvalue weighted by Crippen LogP contribution is -2.60. The van der Waals surface area contributed by atoms with Crippen LogP contribution < -0.4 is 5.73 Å². The van der Waals surface area contributed by atoms with Crippen molar-refractivity contribution in [2.45, 2.75) is 91.5 Å². The van der Waals surface area contributed by atoms with E-state index in [1.807, 2.05) is 12.1 Å². The lowest BCUT2D eigenvalue weighted by atomic mass is 9.39. The van der Waals surface area contributed by atoms with E-state index in [9.17, 15) is 9.59 Å². The van der Waals surface area contributed by atoms with Crippen LogP contribution in [0.1, 0.15) is 102 Å². The van der Waals surface area contributed by atoms with Gasteiger partial charge < -0.3 is 10.5 Å². The summed E-state index contributed by atoms with van der Waals surface area (Å²) in [4.78, 5) is 25.1. The van der Waals surface area contributed by atoms with Gasteiger partial charge in [0.2, 0.25) is 0 Å². The summed E-state index contributed by atoms with van der Waals surface area (Å²) in [6.45, 7) is 12.0. The lowest BCUT2D eigenvalue weighted by molar-refractivity contribution is -0.142. The fourth-order valence-corrected chi connectivity index (χ4v) is 10.8. The second-order valence-electron chi connectivity index (χ2n) is 14.5. The van der Waals surface area contributed by atoms with E-state index in [-0.39, 0.29) is 22.8 Å². The third-order valence-electron chi connectivity index (χ3n) is 12.5. The molecular weight excluding hydrogens is 482 g/mol. The van der Waals surface area contributed by atoms with Crippen molar-refractivity contribution in [3.63, 3.8) is 0 Å². The standard InChI is InChI=1S/C35H47NO3/c1-20(2)30-28(37)19-35(36)18-15-27-25(31(30)35)11-12-29-33(4)16-13-24(21(3)26(33)14-17-34(27,29)5)22-7-9-23(10-8-22)32(38)39-6/h7-10,13,20-21,25-27,29H,11-12,14-19,36H2,1-6H3. The topological polar surface area (TPSA) is 69.4 Å². The highest BCUT2D eigenvalue weighted by molar-refractivity contribution is 6.01. The van der Waals surface area contributed by atoms with Crippen molar-refractivity contribution >= 4 is 17.3 Å². The van der Waals surface area contributed by atoms with Crippen LogP contribution in [-0.4, -0.2) is 24.4 Å². The van der Waals surface area contributed by atoms with Gasteiger partial charge in [0.05, 0.1) is 12.7 Å². The summed E-state index contributed by atoms with van der Waals surface area (Å²) < 4.78 is 4.90. The number of carbonyl (C=O) groups excluding carboxylic acids is 2. The number of hydrogen-bond donors (Lipinski definition) is 1. The minimum Gasteiger partial charge on any atom is -0.465 e. The number of esters is 1. The summed E-state index contributed by atoms with van der Waals surface area (Å²) in [6.07, 6.45) is 11.3. The molecule has 39 heavy (non-hydrogen) atoms. The fourth-order valence-electron chi connectivity index (χ4n) is 10.8. The predicted molar refractivity (Wildman–Crippen MR) is 156 cm³/mol. The molecule has 0 bridgehead atoms. The van der Waals surface area contributed by atoms with Gasteiger partial charge in [-0.05, 0) is 126 Å². The van der Waals surface area contributed by atoms with E-state index < -0.39 is 0 Å². The van der Waals surface area contributed by atoms with Crippen molar-refractivity contribution in [3.05, 3.63) is 52.6 Å². The zero-order valence-corrected chi connectivity index (χ0v) is 24.8. The first-order valence-electron chi connectivity index (χ1n) is 15.4. The molecule has 5 aliphatic rings. The maximum atomic E-state index is 13.1. The molecule has 3 saturated carbocycles. The molecule has 8 unspecified atom stereocenters. The van der Waals surface area contributed by atoms with Gasteiger partial charge in [0.15, 0.2) is 5.78 Å². The number of ketones is 1. The Kier molecular flexibility index (Phi) is 6.34. The number of methoxy groups -OCH3 is 1. The molecule has 1 aromatic carbocycles. The average Bonchev–Trinajstić information content (AvgIpc) is 3.18. The van der Waals surface area contributed by atoms with E-state index in [4.69, 9.17) is 10.5 Å². The highest BCUT2D eigenvalue weighted by atomic mass is 16.5. The Labute approximate surface area is 234 Å². The van der Waals surface area contributed by atoms with Crippen LogP contribution in [0.25, 0.3) is 5.57 Å². The molecule has 1 aromatic rings. The number of benzene rings is 1. The van der Waals surface area contributed by atoms with E-state index in [0.29, 0.717) is 52.8 Å². The van der Waals surface area contributed by atoms with Crippen LogP contribution in [0.3, 0.4) is 0 Å². The van der Waals surface area contributed by atoms with Crippen LogP contribution in [0.2, 0.25) is 0 Å². The third kappa shape index (κ3) is 3.80. The van der Waals surface area contributed by atoms with Gasteiger partial charge in [0, 0.05) is 12.0 Å². The first-order valence-corrected chi connectivity index (χ1v) is 15.4. The number of hydrogen-bond acceptors (Lipinski definition) is 4. The quantitative estimate of drug-likeness (QED) is 0.415. The van der Waals surface area contributed by atoms with Crippen LogP contribution in [0, 0.1) is 46.3 Å². The average molecular weight is 530 g/mol. The molecule has 3 fully saturated rings. The van der Waals surface area contributed by atoms with Crippen molar-refractivity contribution in [1.29, 1.82) is 0 Å². The Balaban J connectivity index is 1.31. The molecule has 4 nitrogen and oxygen atoms in total. The number of allylic oxidation sites excluding steroid dienone is 3. The molecular formula is C35H47NO3. The normalized spacial score (nSPS) is 41.4. The predicted octanol–water partition coefficient (Wildman–Crippen LogP) is 7.38. The Morgan fingerprint density at radius 1 is 1.00 bits per heavy atom. The number of ether oxygens (including phenoxy) is 1. The van der Waals surface area contributed by atoms with Gasteiger partial charge in [-0.1, -0.05) is 52.8 Å². The van der Waals surface area contributed by atoms with E-state index in [2.05, 4.69) is 52.8 Å². The molecule has 0 spiro atoms. The second kappa shape index (κ2) is 9.16. The Morgan fingerprint density at radius 2 is 1.69 bits per heavy atom. The molecule has 8 atom stereocenters. The van der Waals surface area contributed by atoms with Crippen LogP contribution in [-0.2, 0) is 9.53 Å². The Morgan fingerprint density at radius 3 is 2.36 bits per heavy atom. The fraction of sp³-hybridized carbons (Fsp3) is 0.657. The van der Waals surface area contributed by atoms with Crippen molar-refractivity contribution in [3.8, 4) is 0 Å². The maximum Gasteiger partial charge on any atom is 0.337 e. The first kappa shape index (κ1) is 27.0. The summed E-state index contributed by atoms with van der Waals surface area (Å²) in [5.74, 6) is 3.25. The van der Waals surface area contributed by atoms with Crippen LogP contribution in [0.5, 0.6) is 0 Å². The molecule has 0 saturated heterocycles. The molecule has 0 amide bonds. The van der Waals surface area contributed by atoms with Gasteiger partial charge >= 0.3 is 5.97 Å². The molecule has 2 N–H and O–H groups in total. The van der Waals surface area contributed by atoms with E-state index in [1.165, 1.54) is 55.9 Å². The van der Waals surface area contributed by atoms with Crippen LogP contribution in [0.15, 0.2) is 41.5 Å². The molecule has 5 aliphatic carbocycles. The molecule has 210 valence electrons. The summed E-state index contributed by atoms with van der Waals surface area (Å²) in [7, 11) is 1.43. The first-order chi connectivity index (χ1) is 18.4. The van der Waals surface area contributed by atoms with Crippen molar-refractivity contribution in [1.82, 2.24) is 0 Å². The van der Waals surface area contributed by atoms with E-state index in [1.54, 1.807) is 0 Å². The molecule has 0 heterocycles. The minimum atomic E-state index is -0.386. The van der Waals surface area contributed by atoms with Crippen LogP contribution in [0.4, 0.5) is 0 Å². The van der Waals surface area contributed by atoms with Crippen molar-refractivity contribution in [2.24, 2.45) is 52.1 Å². The van der Waals surface area contributed by atoms with Gasteiger partial charge in [-0.15, -0.1) is 0 Å². The lowest BCUT2D eigenvalue weighted by Gasteiger charge is -2.66. The zero-order valence-electron chi connectivity index (χ0n) is 24.8. The Bertz CT molecular complexity index is 1260. The van der Waals surface area contributed by atoms with Gasteiger partial charge in [-0.25, -0.2) is 4.79 Å². The van der Waals surface area contributed by atoms with Gasteiger partial charge in [0.1, 0.15) is 0 Å². The molecule has 4 heteroatoms. The number of carbonyl (C=O) groups is 2. The molecule has 0 aromatic heterocycles. The summed E-state index contributed by atoms with van der Waals surface area (Å²) in [5.41, 5.74) is 13.0. The van der Waals surface area contributed by atoms with Crippen molar-refractivity contribution in [2.75, 3.05) is 7.11 Å². The number of fused-ring (bicyclic) bond motifs is 7. The van der Waals surface area contributed by atoms with Gasteiger partial charge in [-0.2, -0.15) is 0 Å². The number of rotatable bonds is 3. The highest BCUT2D eigenvalue weighted by Crippen LogP contribution is 2.70. The van der Waals surface area contributed by atoms with E-state index in [0.717, 1.165) is 18.4 Å². The van der Waals surface area contributed by atoms with Crippen molar-refractivity contribution < 1.29 is 14.3 Å². The van der Waals surface area contributed by atoms with Crippen LogP contribution >= 0.6 is 0 Å². The largest absolute Gasteiger partial charge is 0.465 e. The molecule has 0 radical (unpaired) electrons. The highest BCUT2D eigenvalue weighted by Gasteiger charge is 2.63. The smallest absolute Gasteiger partial charge is 0.337 e. The number of nitrogens with two attached hydrogens (primary N) is 1. The zero-order chi connectivity index (χ0) is 27.9. The maximum absolute atomic E-state index is 13.1. The third-order valence-corrected chi connectivity index (χ3v) is 12.5. The Hall–Kier alpha value is -2.20. The summed E-state index contributed by atoms with van der Waals surface area (Å²) in [5, 5.41) is 0. The van der Waals surface area contributed by atoms with Gasteiger partial charge in [0.25, 0.3) is 0 Å². The van der Waals surface area contributed by atoms with Gasteiger partial charge in [-0.3, -0.25) is 4.79 Å². The summed E-state index contributed by atoms with van der Waals surface area (Å²) >= 11 is 0. The SMILES string of the molecule is COC(=O)c1ccc(C2=CCC3(C)C(CCC4(C)C5CCC6(N)CC(=O)C(C(C)C)=C6C5CCC34)C2C)cc1. The molecule has 6 rings (SSSR count). The molecule has 0 aliphatic heterocycles.